The minimum Gasteiger partial charge on any atom is -0.493 e. The Morgan fingerprint density at radius 2 is 1.87 bits per heavy atom. The van der Waals surface area contributed by atoms with E-state index in [1.807, 2.05) is 37.3 Å². The van der Waals surface area contributed by atoms with E-state index >= 15 is 0 Å². The van der Waals surface area contributed by atoms with Crippen LogP contribution in [-0.2, 0) is 11.4 Å². The van der Waals surface area contributed by atoms with Gasteiger partial charge in [-0.15, -0.1) is 24.8 Å². The summed E-state index contributed by atoms with van der Waals surface area (Å²) in [6, 6.07) is 9.49. The van der Waals surface area contributed by atoms with E-state index in [0.29, 0.717) is 29.9 Å². The maximum Gasteiger partial charge on any atom is 0.225 e. The summed E-state index contributed by atoms with van der Waals surface area (Å²) in [5.41, 5.74) is 8.34. The first-order valence-electron chi connectivity index (χ1n) is 10.3. The molecule has 170 valence electrons. The van der Waals surface area contributed by atoms with Crippen LogP contribution in [0.3, 0.4) is 0 Å². The minimum atomic E-state index is -0.128. The summed E-state index contributed by atoms with van der Waals surface area (Å²) in [4.78, 5) is 16.9. The van der Waals surface area contributed by atoms with Gasteiger partial charge in [0.2, 0.25) is 5.91 Å². The fourth-order valence-corrected chi connectivity index (χ4v) is 4.83. The molecular weight excluding hydrogens is 437 g/mol. The SMILES string of the molecule is COc1cc(C(C)NC(=O)C2C3CCC(C3)C2N)ccc1OCc1ccncc1.Cl.Cl. The van der Waals surface area contributed by atoms with Gasteiger partial charge < -0.3 is 20.5 Å². The molecule has 8 heteroatoms. The number of nitrogens with zero attached hydrogens (tertiary/aromatic N) is 1. The zero-order chi connectivity index (χ0) is 20.4. The minimum absolute atomic E-state index is 0. The van der Waals surface area contributed by atoms with Gasteiger partial charge in [-0.3, -0.25) is 9.78 Å². The Bertz CT molecular complexity index is 866. The summed E-state index contributed by atoms with van der Waals surface area (Å²) >= 11 is 0. The molecule has 2 bridgehead atoms. The number of nitrogens with one attached hydrogen (secondary N) is 1. The topological polar surface area (TPSA) is 86.5 Å². The quantitative estimate of drug-likeness (QED) is 0.640. The number of hydrogen-bond acceptors (Lipinski definition) is 5. The molecule has 2 aromatic rings. The molecule has 0 aliphatic heterocycles. The van der Waals surface area contributed by atoms with E-state index in [0.717, 1.165) is 24.0 Å². The Hall–Kier alpha value is -2.02. The second-order valence-corrected chi connectivity index (χ2v) is 8.22. The molecule has 5 atom stereocenters. The van der Waals surface area contributed by atoms with Crippen molar-refractivity contribution in [2.45, 2.75) is 44.9 Å². The summed E-state index contributed by atoms with van der Waals surface area (Å²) in [7, 11) is 1.62. The van der Waals surface area contributed by atoms with E-state index in [-0.39, 0.29) is 48.7 Å². The van der Waals surface area contributed by atoms with Gasteiger partial charge in [0.15, 0.2) is 11.5 Å². The highest BCUT2D eigenvalue weighted by atomic mass is 35.5. The number of carbonyl (C=O) groups is 1. The molecule has 1 heterocycles. The molecule has 31 heavy (non-hydrogen) atoms. The van der Waals surface area contributed by atoms with Crippen molar-refractivity contribution in [3.05, 3.63) is 53.9 Å². The van der Waals surface area contributed by atoms with E-state index in [4.69, 9.17) is 15.2 Å². The second kappa shape index (κ2) is 11.0. The van der Waals surface area contributed by atoms with Crippen molar-refractivity contribution in [1.82, 2.24) is 10.3 Å². The third-order valence-corrected chi connectivity index (χ3v) is 6.47. The van der Waals surface area contributed by atoms with Gasteiger partial charge in [-0.25, -0.2) is 0 Å². The standard InChI is InChI=1S/C23H29N3O3.2ClH/c1-14(26-23(27)21-17-3-4-18(11-17)22(21)24)16-5-6-19(20(12-16)28-2)29-13-15-7-9-25-10-8-15;;/h5-10,12,14,17-18,21-22H,3-4,11,13,24H2,1-2H3,(H,26,27);2*1H. The molecule has 1 aromatic heterocycles. The summed E-state index contributed by atoms with van der Waals surface area (Å²) in [5, 5.41) is 3.16. The predicted octanol–water partition coefficient (Wildman–Crippen LogP) is 4.06. The zero-order valence-corrected chi connectivity index (χ0v) is 19.5. The molecule has 2 aliphatic rings. The van der Waals surface area contributed by atoms with Gasteiger partial charge in [0.25, 0.3) is 0 Å². The van der Waals surface area contributed by atoms with E-state index < -0.39 is 0 Å². The van der Waals surface area contributed by atoms with Crippen LogP contribution in [0.25, 0.3) is 0 Å². The second-order valence-electron chi connectivity index (χ2n) is 8.22. The number of aromatic nitrogens is 1. The van der Waals surface area contributed by atoms with Gasteiger partial charge in [-0.05, 0) is 73.4 Å². The van der Waals surface area contributed by atoms with Crippen LogP contribution in [0.2, 0.25) is 0 Å². The Morgan fingerprint density at radius 1 is 1.16 bits per heavy atom. The van der Waals surface area contributed by atoms with E-state index in [1.165, 1.54) is 6.42 Å². The van der Waals surface area contributed by atoms with Crippen LogP contribution in [0.1, 0.15) is 43.4 Å². The molecule has 2 aliphatic carbocycles. The Balaban J connectivity index is 0.00000171. The number of amides is 1. The van der Waals surface area contributed by atoms with E-state index in [2.05, 4.69) is 10.3 Å². The number of rotatable bonds is 7. The fraction of sp³-hybridized carbons (Fsp3) is 0.478. The summed E-state index contributed by atoms with van der Waals surface area (Å²) in [6.07, 6.45) is 6.88. The van der Waals surface area contributed by atoms with Gasteiger partial charge >= 0.3 is 0 Å². The van der Waals surface area contributed by atoms with Gasteiger partial charge in [-0.1, -0.05) is 6.07 Å². The monoisotopic (exact) mass is 467 g/mol. The van der Waals surface area contributed by atoms with Crippen molar-refractivity contribution in [3.63, 3.8) is 0 Å². The van der Waals surface area contributed by atoms with Crippen LogP contribution in [-0.4, -0.2) is 24.0 Å². The van der Waals surface area contributed by atoms with Gasteiger partial charge in [0.1, 0.15) is 6.61 Å². The number of pyridine rings is 1. The van der Waals surface area contributed by atoms with Crippen LogP contribution in [0.15, 0.2) is 42.7 Å². The first-order valence-corrected chi connectivity index (χ1v) is 10.3. The highest BCUT2D eigenvalue weighted by Gasteiger charge is 2.49. The number of halogens is 2. The lowest BCUT2D eigenvalue weighted by molar-refractivity contribution is -0.127. The number of nitrogens with two attached hydrogens (primary N) is 1. The van der Waals surface area contributed by atoms with Gasteiger partial charge in [0.05, 0.1) is 19.1 Å². The van der Waals surface area contributed by atoms with Crippen molar-refractivity contribution in [1.29, 1.82) is 0 Å². The average molecular weight is 468 g/mol. The molecule has 0 radical (unpaired) electrons. The van der Waals surface area contributed by atoms with E-state index in [1.54, 1.807) is 19.5 Å². The third kappa shape index (κ3) is 5.43. The lowest BCUT2D eigenvalue weighted by Crippen LogP contribution is -2.45. The number of fused-ring (bicyclic) bond motifs is 2. The Labute approximate surface area is 196 Å². The number of hydrogen-bond donors (Lipinski definition) is 2. The lowest BCUT2D eigenvalue weighted by atomic mass is 9.84. The number of benzene rings is 1. The molecular formula is C23H31Cl2N3O3. The summed E-state index contributed by atoms with van der Waals surface area (Å²) < 4.78 is 11.4. The molecule has 5 unspecified atom stereocenters. The van der Waals surface area contributed by atoms with Crippen molar-refractivity contribution in [3.8, 4) is 11.5 Å². The fourth-order valence-electron chi connectivity index (χ4n) is 4.83. The number of carbonyl (C=O) groups excluding carboxylic acids is 1. The maximum absolute atomic E-state index is 12.9. The number of methoxy groups -OCH3 is 1. The van der Waals surface area contributed by atoms with Gasteiger partial charge in [0, 0.05) is 18.4 Å². The Morgan fingerprint density at radius 3 is 2.52 bits per heavy atom. The molecule has 1 aromatic carbocycles. The molecule has 2 saturated carbocycles. The normalized spacial score (nSPS) is 24.5. The molecule has 4 rings (SSSR count). The van der Waals surface area contributed by atoms with Gasteiger partial charge in [-0.2, -0.15) is 0 Å². The smallest absolute Gasteiger partial charge is 0.225 e. The van der Waals surface area contributed by atoms with Crippen molar-refractivity contribution < 1.29 is 14.3 Å². The van der Waals surface area contributed by atoms with Crippen LogP contribution in [0.4, 0.5) is 0 Å². The molecule has 3 N–H and O–H groups in total. The summed E-state index contributed by atoms with van der Waals surface area (Å²) in [5.74, 6) is 2.30. The van der Waals surface area contributed by atoms with Crippen LogP contribution < -0.4 is 20.5 Å². The Kier molecular flexibility index (Phi) is 8.98. The zero-order valence-electron chi connectivity index (χ0n) is 17.8. The first-order chi connectivity index (χ1) is 14.1. The van der Waals surface area contributed by atoms with Crippen molar-refractivity contribution in [2.24, 2.45) is 23.5 Å². The molecule has 0 spiro atoms. The number of ether oxygens (including phenoxy) is 2. The van der Waals surface area contributed by atoms with E-state index in [9.17, 15) is 4.79 Å². The average Bonchev–Trinajstić information content (AvgIpc) is 3.34. The maximum atomic E-state index is 12.9. The first kappa shape index (κ1) is 25.2. The highest BCUT2D eigenvalue weighted by Crippen LogP contribution is 2.47. The van der Waals surface area contributed by atoms with Crippen LogP contribution in [0, 0.1) is 17.8 Å². The molecule has 2 fully saturated rings. The van der Waals surface area contributed by atoms with Crippen LogP contribution >= 0.6 is 24.8 Å². The summed E-state index contributed by atoms with van der Waals surface area (Å²) in [6.45, 7) is 2.43. The lowest BCUT2D eigenvalue weighted by Gasteiger charge is -2.28. The van der Waals surface area contributed by atoms with Crippen molar-refractivity contribution >= 4 is 30.7 Å². The molecule has 1 amide bonds. The highest BCUT2D eigenvalue weighted by molar-refractivity contribution is 5.85. The molecule has 0 saturated heterocycles. The largest absolute Gasteiger partial charge is 0.493 e. The van der Waals surface area contributed by atoms with Crippen LogP contribution in [0.5, 0.6) is 11.5 Å². The van der Waals surface area contributed by atoms with Crippen molar-refractivity contribution in [2.75, 3.05) is 7.11 Å². The third-order valence-electron chi connectivity index (χ3n) is 6.47. The molecule has 6 nitrogen and oxygen atoms in total. The predicted molar refractivity (Wildman–Crippen MR) is 125 cm³/mol.